The largest absolute Gasteiger partial charge is 0.339 e. The van der Waals surface area contributed by atoms with E-state index >= 15 is 0 Å². The summed E-state index contributed by atoms with van der Waals surface area (Å²) in [6.45, 7) is 4.27. The molecule has 0 amide bonds. The molecule has 1 aromatic heterocycles. The van der Waals surface area contributed by atoms with Crippen LogP contribution < -0.4 is 5.73 Å². The Hall–Kier alpha value is -0.900. The molecule has 0 saturated heterocycles. The maximum absolute atomic E-state index is 5.85. The van der Waals surface area contributed by atoms with Gasteiger partial charge in [0.05, 0.1) is 6.04 Å². The summed E-state index contributed by atoms with van der Waals surface area (Å²) < 4.78 is 5.19. The van der Waals surface area contributed by atoms with Gasteiger partial charge in [0, 0.05) is 6.42 Å². The van der Waals surface area contributed by atoms with E-state index in [4.69, 9.17) is 10.3 Å². The molecule has 0 radical (unpaired) electrons. The van der Waals surface area contributed by atoms with E-state index in [1.54, 1.807) is 0 Å². The number of aromatic nitrogens is 2. The summed E-state index contributed by atoms with van der Waals surface area (Å²) in [5.74, 6) is 1.39. The second-order valence-electron chi connectivity index (χ2n) is 4.93. The molecule has 0 spiro atoms. The van der Waals surface area contributed by atoms with Gasteiger partial charge in [0.15, 0.2) is 5.82 Å². The Balaban J connectivity index is 2.10. The highest BCUT2D eigenvalue weighted by atomic mass is 16.5. The second kappa shape index (κ2) is 9.09. The van der Waals surface area contributed by atoms with Gasteiger partial charge in [-0.1, -0.05) is 57.5 Å². The summed E-state index contributed by atoms with van der Waals surface area (Å²) >= 11 is 0. The van der Waals surface area contributed by atoms with Crippen LogP contribution in [0.1, 0.15) is 83.0 Å². The van der Waals surface area contributed by atoms with Crippen LogP contribution in [-0.4, -0.2) is 10.1 Å². The Labute approximate surface area is 110 Å². The molecule has 0 aromatic carbocycles. The van der Waals surface area contributed by atoms with Crippen molar-refractivity contribution in [2.75, 3.05) is 0 Å². The van der Waals surface area contributed by atoms with Gasteiger partial charge in [-0.3, -0.25) is 0 Å². The van der Waals surface area contributed by atoms with Gasteiger partial charge < -0.3 is 10.3 Å². The highest BCUT2D eigenvalue weighted by molar-refractivity contribution is 4.92. The lowest BCUT2D eigenvalue weighted by molar-refractivity contribution is 0.365. The molecule has 1 aromatic rings. The molecule has 4 heteroatoms. The average Bonchev–Trinajstić information content (AvgIpc) is 2.85. The lowest BCUT2D eigenvalue weighted by Gasteiger charge is -2.00. The summed E-state index contributed by atoms with van der Waals surface area (Å²) in [7, 11) is 0. The summed E-state index contributed by atoms with van der Waals surface area (Å²) in [6, 6.07) is -0.0865. The van der Waals surface area contributed by atoms with Crippen LogP contribution in [0.25, 0.3) is 0 Å². The van der Waals surface area contributed by atoms with Crippen LogP contribution in [0.5, 0.6) is 0 Å². The number of aryl methyl sites for hydroxylation is 1. The maximum Gasteiger partial charge on any atom is 0.226 e. The molecule has 0 aliphatic heterocycles. The van der Waals surface area contributed by atoms with E-state index in [1.807, 2.05) is 6.92 Å². The topological polar surface area (TPSA) is 64.9 Å². The second-order valence-corrected chi connectivity index (χ2v) is 4.93. The van der Waals surface area contributed by atoms with Crippen molar-refractivity contribution in [3.63, 3.8) is 0 Å². The van der Waals surface area contributed by atoms with E-state index in [0.717, 1.165) is 25.2 Å². The van der Waals surface area contributed by atoms with Gasteiger partial charge >= 0.3 is 0 Å². The quantitative estimate of drug-likeness (QED) is 0.645. The van der Waals surface area contributed by atoms with Crippen molar-refractivity contribution in [2.45, 2.75) is 77.7 Å². The van der Waals surface area contributed by atoms with Crippen LogP contribution >= 0.6 is 0 Å². The van der Waals surface area contributed by atoms with Crippen LogP contribution in [0.15, 0.2) is 4.52 Å². The van der Waals surface area contributed by atoms with Crippen molar-refractivity contribution in [1.29, 1.82) is 0 Å². The summed E-state index contributed by atoms with van der Waals surface area (Å²) in [4.78, 5) is 4.33. The number of nitrogens with zero attached hydrogens (tertiary/aromatic N) is 2. The van der Waals surface area contributed by atoms with Crippen molar-refractivity contribution in [2.24, 2.45) is 5.73 Å². The lowest BCUT2D eigenvalue weighted by Crippen LogP contribution is -2.10. The fourth-order valence-corrected chi connectivity index (χ4v) is 1.94. The Morgan fingerprint density at radius 3 is 2.39 bits per heavy atom. The first-order chi connectivity index (χ1) is 8.77. The Morgan fingerprint density at radius 1 is 1.06 bits per heavy atom. The zero-order valence-electron chi connectivity index (χ0n) is 11.8. The van der Waals surface area contributed by atoms with E-state index in [1.165, 1.54) is 38.5 Å². The van der Waals surface area contributed by atoms with Crippen LogP contribution in [-0.2, 0) is 6.42 Å². The van der Waals surface area contributed by atoms with E-state index in [0.29, 0.717) is 5.82 Å². The molecule has 0 aliphatic carbocycles. The standard InChI is InChI=1S/C14H27N3O/c1-3-5-6-7-8-9-10-11-13-16-14(17-18-13)12(15)4-2/h12H,3-11,15H2,1-2H3. The van der Waals surface area contributed by atoms with Crippen molar-refractivity contribution in [1.82, 2.24) is 10.1 Å². The van der Waals surface area contributed by atoms with Crippen molar-refractivity contribution < 1.29 is 4.52 Å². The third kappa shape index (κ3) is 5.63. The minimum Gasteiger partial charge on any atom is -0.339 e. The van der Waals surface area contributed by atoms with E-state index in [-0.39, 0.29) is 6.04 Å². The lowest BCUT2D eigenvalue weighted by atomic mass is 10.1. The third-order valence-electron chi connectivity index (χ3n) is 3.25. The highest BCUT2D eigenvalue weighted by Gasteiger charge is 2.11. The van der Waals surface area contributed by atoms with Gasteiger partial charge in [0.2, 0.25) is 5.89 Å². The van der Waals surface area contributed by atoms with Gasteiger partial charge in [-0.05, 0) is 12.8 Å². The van der Waals surface area contributed by atoms with Crippen molar-refractivity contribution in [3.05, 3.63) is 11.7 Å². The summed E-state index contributed by atoms with van der Waals surface area (Å²) in [6.07, 6.45) is 10.8. The average molecular weight is 253 g/mol. The van der Waals surface area contributed by atoms with Gasteiger partial charge in [0.25, 0.3) is 0 Å². The number of hydrogen-bond acceptors (Lipinski definition) is 4. The van der Waals surface area contributed by atoms with Crippen LogP contribution in [0, 0.1) is 0 Å². The fourth-order valence-electron chi connectivity index (χ4n) is 1.94. The predicted molar refractivity (Wildman–Crippen MR) is 73.2 cm³/mol. The summed E-state index contributed by atoms with van der Waals surface area (Å²) in [5, 5.41) is 3.92. The SMILES string of the molecule is CCCCCCCCCc1nc(C(N)CC)no1. The first kappa shape index (κ1) is 15.2. The normalized spacial score (nSPS) is 12.8. The number of unbranched alkanes of at least 4 members (excludes halogenated alkanes) is 6. The first-order valence-corrected chi connectivity index (χ1v) is 7.36. The van der Waals surface area contributed by atoms with E-state index < -0.39 is 0 Å². The van der Waals surface area contributed by atoms with Gasteiger partial charge in [-0.25, -0.2) is 0 Å². The molecule has 104 valence electrons. The molecule has 0 aliphatic rings. The highest BCUT2D eigenvalue weighted by Crippen LogP contribution is 2.12. The molecule has 18 heavy (non-hydrogen) atoms. The molecule has 0 fully saturated rings. The van der Waals surface area contributed by atoms with Gasteiger partial charge in [-0.15, -0.1) is 0 Å². The number of hydrogen-bond donors (Lipinski definition) is 1. The van der Waals surface area contributed by atoms with Crippen LogP contribution in [0.4, 0.5) is 0 Å². The van der Waals surface area contributed by atoms with Gasteiger partial charge in [0.1, 0.15) is 0 Å². The smallest absolute Gasteiger partial charge is 0.226 e. The van der Waals surface area contributed by atoms with Crippen molar-refractivity contribution in [3.8, 4) is 0 Å². The fraction of sp³-hybridized carbons (Fsp3) is 0.857. The first-order valence-electron chi connectivity index (χ1n) is 7.36. The molecular weight excluding hydrogens is 226 g/mol. The molecule has 1 rings (SSSR count). The van der Waals surface area contributed by atoms with E-state index in [9.17, 15) is 0 Å². The predicted octanol–water partition coefficient (Wildman–Crippen LogP) is 3.77. The van der Waals surface area contributed by atoms with E-state index in [2.05, 4.69) is 17.1 Å². The Bertz CT molecular complexity index is 312. The minimum atomic E-state index is -0.0865. The van der Waals surface area contributed by atoms with Crippen LogP contribution in [0.2, 0.25) is 0 Å². The molecule has 0 bridgehead atoms. The molecule has 1 unspecified atom stereocenters. The molecule has 2 N–H and O–H groups in total. The molecule has 0 saturated carbocycles. The molecular formula is C14H27N3O. The zero-order valence-corrected chi connectivity index (χ0v) is 11.8. The maximum atomic E-state index is 5.85. The third-order valence-corrected chi connectivity index (χ3v) is 3.25. The molecule has 1 heterocycles. The van der Waals surface area contributed by atoms with Crippen LogP contribution in [0.3, 0.4) is 0 Å². The summed E-state index contributed by atoms with van der Waals surface area (Å²) in [5.41, 5.74) is 5.85. The molecule has 1 atom stereocenters. The van der Waals surface area contributed by atoms with Gasteiger partial charge in [-0.2, -0.15) is 4.98 Å². The Kier molecular flexibility index (Phi) is 7.65. The minimum absolute atomic E-state index is 0.0865. The van der Waals surface area contributed by atoms with Crippen molar-refractivity contribution >= 4 is 0 Å². The number of rotatable bonds is 10. The molecule has 4 nitrogen and oxygen atoms in total. The zero-order chi connectivity index (χ0) is 13.2. The Morgan fingerprint density at radius 2 is 1.72 bits per heavy atom. The monoisotopic (exact) mass is 253 g/mol. The number of nitrogens with two attached hydrogens (primary N) is 1.